The lowest BCUT2D eigenvalue weighted by atomic mass is 9.91. The molecule has 0 radical (unpaired) electrons. The molecule has 5 N–H and O–H groups in total. The zero-order chi connectivity index (χ0) is 20.0. The van der Waals surface area contributed by atoms with Crippen LogP contribution in [0, 0.1) is 0 Å². The van der Waals surface area contributed by atoms with Gasteiger partial charge in [0.25, 0.3) is 0 Å². The predicted molar refractivity (Wildman–Crippen MR) is 112 cm³/mol. The Bertz CT molecular complexity index is 764. The summed E-state index contributed by atoms with van der Waals surface area (Å²) in [5.74, 6) is 0.581. The molecule has 2 aromatic carbocycles. The monoisotopic (exact) mass is 379 g/mol. The minimum Gasteiger partial charge on any atom is -0.493 e. The Morgan fingerprint density at radius 1 is 1.04 bits per heavy atom. The standard InChI is InChI=1S/C23H29N3O2/c1-18(27)17-28-21-13-8-14-23(25,22(21)24)26(15-19-9-4-2-5-10-19)16-20-11-6-3-7-12-20/h2-14,18,22,27H,15-17,24-25H2,1H3. The Morgan fingerprint density at radius 2 is 1.57 bits per heavy atom. The lowest BCUT2D eigenvalue weighted by molar-refractivity contribution is 0.0440. The van der Waals surface area contributed by atoms with Crippen molar-refractivity contribution in [1.82, 2.24) is 4.90 Å². The highest BCUT2D eigenvalue weighted by molar-refractivity contribution is 5.31. The van der Waals surface area contributed by atoms with Gasteiger partial charge in [-0.25, -0.2) is 0 Å². The molecule has 148 valence electrons. The maximum atomic E-state index is 9.55. The van der Waals surface area contributed by atoms with E-state index in [4.69, 9.17) is 16.2 Å². The Morgan fingerprint density at radius 3 is 2.07 bits per heavy atom. The topological polar surface area (TPSA) is 84.7 Å². The maximum absolute atomic E-state index is 9.55. The lowest BCUT2D eigenvalue weighted by Gasteiger charge is -2.44. The SMILES string of the molecule is CC(O)COC1=CC=CC(N)(N(Cc2ccccc2)Cc2ccccc2)C1N. The molecule has 0 aromatic heterocycles. The van der Waals surface area contributed by atoms with Crippen molar-refractivity contribution in [3.8, 4) is 0 Å². The molecule has 5 nitrogen and oxygen atoms in total. The molecule has 0 bridgehead atoms. The van der Waals surface area contributed by atoms with Gasteiger partial charge in [-0.05, 0) is 30.2 Å². The first kappa shape index (κ1) is 20.3. The molecule has 0 amide bonds. The number of nitrogens with two attached hydrogens (primary N) is 2. The molecule has 3 atom stereocenters. The van der Waals surface area contributed by atoms with Gasteiger partial charge in [-0.3, -0.25) is 4.90 Å². The summed E-state index contributed by atoms with van der Waals surface area (Å²) in [6.07, 6.45) is 5.06. The summed E-state index contributed by atoms with van der Waals surface area (Å²) in [6.45, 7) is 3.15. The minimum atomic E-state index is -0.922. The lowest BCUT2D eigenvalue weighted by Crippen LogP contribution is -2.66. The van der Waals surface area contributed by atoms with Gasteiger partial charge in [-0.1, -0.05) is 66.7 Å². The number of aliphatic hydroxyl groups is 1. The molecule has 0 fully saturated rings. The van der Waals surface area contributed by atoms with E-state index >= 15 is 0 Å². The van der Waals surface area contributed by atoms with Crippen molar-refractivity contribution in [1.29, 1.82) is 0 Å². The zero-order valence-corrected chi connectivity index (χ0v) is 16.2. The van der Waals surface area contributed by atoms with Crippen LogP contribution in [0.3, 0.4) is 0 Å². The van der Waals surface area contributed by atoms with Gasteiger partial charge < -0.3 is 21.3 Å². The molecular formula is C23H29N3O2. The second-order valence-electron chi connectivity index (χ2n) is 7.28. The normalized spacial score (nSPS) is 22.8. The molecule has 3 rings (SSSR count). The van der Waals surface area contributed by atoms with Gasteiger partial charge >= 0.3 is 0 Å². The second-order valence-corrected chi connectivity index (χ2v) is 7.28. The first-order chi connectivity index (χ1) is 13.5. The molecule has 0 spiro atoms. The fourth-order valence-electron chi connectivity index (χ4n) is 3.33. The van der Waals surface area contributed by atoms with Crippen molar-refractivity contribution in [2.75, 3.05) is 6.61 Å². The largest absolute Gasteiger partial charge is 0.493 e. The molecule has 1 aliphatic carbocycles. The first-order valence-electron chi connectivity index (χ1n) is 9.56. The summed E-state index contributed by atoms with van der Waals surface area (Å²) < 4.78 is 5.73. The van der Waals surface area contributed by atoms with Gasteiger partial charge in [-0.2, -0.15) is 0 Å². The highest BCUT2D eigenvalue weighted by Gasteiger charge is 2.40. The molecule has 5 heteroatoms. The highest BCUT2D eigenvalue weighted by Crippen LogP contribution is 2.28. The fraction of sp³-hybridized carbons (Fsp3) is 0.304. The molecule has 2 aromatic rings. The summed E-state index contributed by atoms with van der Waals surface area (Å²) in [5.41, 5.74) is 14.8. The smallest absolute Gasteiger partial charge is 0.116 e. The van der Waals surface area contributed by atoms with Gasteiger partial charge in [0.05, 0.1) is 12.1 Å². The number of hydrogen-bond acceptors (Lipinski definition) is 5. The van der Waals surface area contributed by atoms with Crippen molar-refractivity contribution in [2.45, 2.75) is 37.8 Å². The fourth-order valence-corrected chi connectivity index (χ4v) is 3.33. The van der Waals surface area contributed by atoms with Gasteiger partial charge in [0.2, 0.25) is 0 Å². The van der Waals surface area contributed by atoms with E-state index in [9.17, 15) is 5.11 Å². The third-order valence-electron chi connectivity index (χ3n) is 4.90. The number of hydrogen-bond donors (Lipinski definition) is 3. The van der Waals surface area contributed by atoms with Crippen LogP contribution in [0.1, 0.15) is 18.1 Å². The predicted octanol–water partition coefficient (Wildman–Crippen LogP) is 2.52. The molecule has 0 aliphatic heterocycles. The average Bonchev–Trinajstić information content (AvgIpc) is 2.70. The Balaban J connectivity index is 1.87. The van der Waals surface area contributed by atoms with Crippen LogP contribution < -0.4 is 11.5 Å². The second kappa shape index (κ2) is 9.17. The van der Waals surface area contributed by atoms with E-state index in [0.717, 1.165) is 11.1 Å². The van der Waals surface area contributed by atoms with Crippen molar-refractivity contribution >= 4 is 0 Å². The number of benzene rings is 2. The quantitative estimate of drug-likeness (QED) is 0.614. The minimum absolute atomic E-state index is 0.181. The van der Waals surface area contributed by atoms with E-state index in [1.54, 1.807) is 6.92 Å². The number of allylic oxidation sites excluding steroid dienone is 2. The van der Waals surface area contributed by atoms with Crippen molar-refractivity contribution in [3.63, 3.8) is 0 Å². The highest BCUT2D eigenvalue weighted by atomic mass is 16.5. The number of aliphatic hydroxyl groups excluding tert-OH is 1. The Labute approximate surface area is 166 Å². The Hall–Kier alpha value is -2.44. The molecule has 0 saturated carbocycles. The molecule has 0 saturated heterocycles. The van der Waals surface area contributed by atoms with E-state index in [-0.39, 0.29) is 6.61 Å². The van der Waals surface area contributed by atoms with Crippen LogP contribution in [0.25, 0.3) is 0 Å². The molecule has 0 heterocycles. The number of ether oxygens (including phenoxy) is 1. The molecule has 3 unspecified atom stereocenters. The van der Waals surface area contributed by atoms with Gasteiger partial charge in [-0.15, -0.1) is 0 Å². The molecule has 28 heavy (non-hydrogen) atoms. The van der Waals surface area contributed by atoms with Crippen LogP contribution >= 0.6 is 0 Å². The van der Waals surface area contributed by atoms with E-state index in [1.165, 1.54) is 0 Å². The van der Waals surface area contributed by atoms with Crippen molar-refractivity contribution in [2.24, 2.45) is 11.5 Å². The van der Waals surface area contributed by atoms with Crippen molar-refractivity contribution in [3.05, 3.63) is 95.8 Å². The van der Waals surface area contributed by atoms with Crippen LogP contribution in [-0.4, -0.2) is 34.4 Å². The van der Waals surface area contributed by atoms with Crippen LogP contribution in [-0.2, 0) is 17.8 Å². The summed E-state index contributed by atoms with van der Waals surface area (Å²) in [7, 11) is 0. The average molecular weight is 380 g/mol. The summed E-state index contributed by atoms with van der Waals surface area (Å²) in [5, 5.41) is 9.55. The summed E-state index contributed by atoms with van der Waals surface area (Å²) in [4.78, 5) is 2.16. The number of nitrogens with zero attached hydrogens (tertiary/aromatic N) is 1. The number of rotatable bonds is 8. The van der Waals surface area contributed by atoms with E-state index in [1.807, 2.05) is 54.6 Å². The van der Waals surface area contributed by atoms with Crippen molar-refractivity contribution < 1.29 is 9.84 Å². The zero-order valence-electron chi connectivity index (χ0n) is 16.2. The van der Waals surface area contributed by atoms with E-state index in [0.29, 0.717) is 18.8 Å². The molecular weight excluding hydrogens is 350 g/mol. The first-order valence-corrected chi connectivity index (χ1v) is 9.56. The third-order valence-corrected chi connectivity index (χ3v) is 4.90. The van der Waals surface area contributed by atoms with Crippen LogP contribution in [0.5, 0.6) is 0 Å². The summed E-state index contributed by atoms with van der Waals surface area (Å²) >= 11 is 0. The van der Waals surface area contributed by atoms with Crippen LogP contribution in [0.15, 0.2) is 84.7 Å². The third kappa shape index (κ3) is 4.88. The van der Waals surface area contributed by atoms with Gasteiger partial charge in [0.15, 0.2) is 0 Å². The van der Waals surface area contributed by atoms with E-state index < -0.39 is 17.8 Å². The van der Waals surface area contributed by atoms with Gasteiger partial charge in [0.1, 0.15) is 18.0 Å². The maximum Gasteiger partial charge on any atom is 0.116 e. The molecule has 1 aliphatic rings. The van der Waals surface area contributed by atoms with E-state index in [2.05, 4.69) is 29.2 Å². The Kier molecular flexibility index (Phi) is 6.65. The van der Waals surface area contributed by atoms with Gasteiger partial charge in [0, 0.05) is 13.1 Å². The summed E-state index contributed by atoms with van der Waals surface area (Å²) in [6, 6.07) is 19.9. The van der Waals surface area contributed by atoms with Crippen LogP contribution in [0.2, 0.25) is 0 Å². The van der Waals surface area contributed by atoms with Crippen LogP contribution in [0.4, 0.5) is 0 Å².